The fourth-order valence-corrected chi connectivity index (χ4v) is 1.64. The van der Waals surface area contributed by atoms with Gasteiger partial charge in [0.15, 0.2) is 5.96 Å². The van der Waals surface area contributed by atoms with Crippen molar-refractivity contribution >= 4 is 5.96 Å². The van der Waals surface area contributed by atoms with Gasteiger partial charge in [-0.3, -0.25) is 4.99 Å². The molecule has 0 aromatic rings. The van der Waals surface area contributed by atoms with Gasteiger partial charge in [-0.2, -0.15) is 0 Å². The molecule has 0 amide bonds. The Labute approximate surface area is 113 Å². The molecule has 0 saturated carbocycles. The van der Waals surface area contributed by atoms with Crippen LogP contribution in [-0.2, 0) is 0 Å². The van der Waals surface area contributed by atoms with Crippen molar-refractivity contribution in [2.24, 2.45) is 16.6 Å². The van der Waals surface area contributed by atoms with Crippen molar-refractivity contribution in [2.45, 2.75) is 46.0 Å². The first-order valence-corrected chi connectivity index (χ1v) is 7.21. The van der Waals surface area contributed by atoms with E-state index in [1.165, 1.54) is 38.6 Å². The highest BCUT2D eigenvalue weighted by Crippen LogP contribution is 2.02. The van der Waals surface area contributed by atoms with E-state index in [-0.39, 0.29) is 0 Å². The van der Waals surface area contributed by atoms with Crippen LogP contribution in [0.3, 0.4) is 0 Å². The summed E-state index contributed by atoms with van der Waals surface area (Å²) in [5.41, 5.74) is 5.75. The lowest BCUT2D eigenvalue weighted by Gasteiger charge is -2.09. The Morgan fingerprint density at radius 3 is 2.33 bits per heavy atom. The fraction of sp³-hybridized carbons (Fsp3) is 0.929. The summed E-state index contributed by atoms with van der Waals surface area (Å²) in [7, 11) is 4.26. The molecule has 0 aliphatic carbocycles. The molecule has 0 aliphatic rings. The van der Waals surface area contributed by atoms with Gasteiger partial charge < -0.3 is 16.0 Å². The quantitative estimate of drug-likeness (QED) is 0.357. The van der Waals surface area contributed by atoms with Crippen LogP contribution in [0.1, 0.15) is 46.0 Å². The summed E-state index contributed by atoms with van der Waals surface area (Å²) in [4.78, 5) is 6.51. The first-order valence-electron chi connectivity index (χ1n) is 7.21. The molecule has 0 bridgehead atoms. The van der Waals surface area contributed by atoms with Gasteiger partial charge in [0.2, 0.25) is 0 Å². The van der Waals surface area contributed by atoms with Crippen molar-refractivity contribution in [2.75, 3.05) is 33.7 Å². The maximum Gasteiger partial charge on any atom is 0.188 e. The van der Waals surface area contributed by atoms with Crippen LogP contribution in [0.25, 0.3) is 0 Å². The average Bonchev–Trinajstić information content (AvgIpc) is 2.29. The summed E-state index contributed by atoms with van der Waals surface area (Å²) in [5.74, 6) is 1.17. The fourth-order valence-electron chi connectivity index (χ4n) is 1.64. The molecule has 0 aliphatic heterocycles. The highest BCUT2D eigenvalue weighted by atomic mass is 15.1. The van der Waals surface area contributed by atoms with E-state index in [2.05, 4.69) is 43.2 Å². The minimum absolute atomic E-state index is 0.571. The zero-order valence-corrected chi connectivity index (χ0v) is 12.7. The summed E-state index contributed by atoms with van der Waals surface area (Å²) >= 11 is 0. The number of nitrogens with one attached hydrogen (secondary N) is 1. The highest BCUT2D eigenvalue weighted by Gasteiger charge is 1.95. The highest BCUT2D eigenvalue weighted by molar-refractivity contribution is 5.77. The number of nitrogens with two attached hydrogens (primary N) is 1. The Bertz CT molecular complexity index is 212. The Balaban J connectivity index is 3.27. The van der Waals surface area contributed by atoms with Gasteiger partial charge in [0, 0.05) is 13.1 Å². The second-order valence-electron chi connectivity index (χ2n) is 5.62. The maximum atomic E-state index is 5.75. The number of rotatable bonds is 10. The van der Waals surface area contributed by atoms with Crippen LogP contribution in [0.15, 0.2) is 4.99 Å². The van der Waals surface area contributed by atoms with Crippen LogP contribution < -0.4 is 11.1 Å². The third-order valence-corrected chi connectivity index (χ3v) is 2.72. The largest absolute Gasteiger partial charge is 0.370 e. The zero-order chi connectivity index (χ0) is 13.8. The van der Waals surface area contributed by atoms with Gasteiger partial charge in [-0.1, -0.05) is 33.1 Å². The molecule has 18 heavy (non-hydrogen) atoms. The smallest absolute Gasteiger partial charge is 0.188 e. The summed E-state index contributed by atoms with van der Waals surface area (Å²) in [6.07, 6.45) is 6.41. The molecule has 0 fully saturated rings. The van der Waals surface area contributed by atoms with Crippen molar-refractivity contribution in [3.8, 4) is 0 Å². The van der Waals surface area contributed by atoms with Crippen molar-refractivity contribution in [3.05, 3.63) is 0 Å². The second-order valence-corrected chi connectivity index (χ2v) is 5.62. The normalized spacial score (nSPS) is 12.4. The maximum absolute atomic E-state index is 5.75. The Kier molecular flexibility index (Phi) is 10.8. The van der Waals surface area contributed by atoms with Gasteiger partial charge in [0.1, 0.15) is 0 Å². The van der Waals surface area contributed by atoms with E-state index in [0.717, 1.165) is 13.1 Å². The Morgan fingerprint density at radius 1 is 1.11 bits per heavy atom. The Hall–Kier alpha value is -0.770. The molecule has 3 N–H and O–H groups in total. The molecule has 4 nitrogen and oxygen atoms in total. The first-order chi connectivity index (χ1) is 8.52. The van der Waals surface area contributed by atoms with Crippen LogP contribution in [0.5, 0.6) is 0 Å². The lowest BCUT2D eigenvalue weighted by Crippen LogP contribution is -2.32. The van der Waals surface area contributed by atoms with Crippen LogP contribution in [0, 0.1) is 5.92 Å². The molecule has 0 atom stereocenters. The van der Waals surface area contributed by atoms with E-state index < -0.39 is 0 Å². The molecule has 0 unspecified atom stereocenters. The van der Waals surface area contributed by atoms with Crippen LogP contribution in [0.4, 0.5) is 0 Å². The minimum atomic E-state index is 0.571. The van der Waals surface area contributed by atoms with Crippen molar-refractivity contribution in [1.29, 1.82) is 0 Å². The molecular weight excluding hydrogens is 224 g/mol. The molecule has 108 valence electrons. The predicted molar refractivity (Wildman–Crippen MR) is 81.0 cm³/mol. The lowest BCUT2D eigenvalue weighted by atomic mass is 10.1. The van der Waals surface area contributed by atoms with Gasteiger partial charge in [-0.25, -0.2) is 0 Å². The van der Waals surface area contributed by atoms with Gasteiger partial charge in [0.25, 0.3) is 0 Å². The van der Waals surface area contributed by atoms with E-state index in [4.69, 9.17) is 5.73 Å². The third-order valence-electron chi connectivity index (χ3n) is 2.72. The summed E-state index contributed by atoms with van der Waals surface area (Å²) < 4.78 is 0. The van der Waals surface area contributed by atoms with Crippen LogP contribution >= 0.6 is 0 Å². The average molecular weight is 256 g/mol. The van der Waals surface area contributed by atoms with Crippen LogP contribution in [0.2, 0.25) is 0 Å². The lowest BCUT2D eigenvalue weighted by molar-refractivity contribution is 0.389. The molecule has 0 saturated heterocycles. The van der Waals surface area contributed by atoms with E-state index in [9.17, 15) is 0 Å². The molecule has 0 rings (SSSR count). The first kappa shape index (κ1) is 17.2. The van der Waals surface area contributed by atoms with Crippen molar-refractivity contribution in [3.63, 3.8) is 0 Å². The molecule has 0 radical (unpaired) electrons. The van der Waals surface area contributed by atoms with E-state index in [1.54, 1.807) is 0 Å². The van der Waals surface area contributed by atoms with E-state index >= 15 is 0 Å². The molecule has 0 aromatic carbocycles. The van der Waals surface area contributed by atoms with Gasteiger partial charge >= 0.3 is 0 Å². The standard InChI is InChI=1S/C14H32N4/c1-13(2)12-17-14(15)16-10-8-6-5-7-9-11-18(3)4/h13H,5-12H2,1-4H3,(H3,15,16,17). The minimum Gasteiger partial charge on any atom is -0.370 e. The zero-order valence-electron chi connectivity index (χ0n) is 12.7. The number of unbranched alkanes of at least 4 members (excludes halogenated alkanes) is 4. The number of guanidine groups is 1. The van der Waals surface area contributed by atoms with Gasteiger partial charge in [-0.05, 0) is 39.4 Å². The molecular formula is C14H32N4. The summed E-state index contributed by atoms with van der Waals surface area (Å²) in [5, 5.41) is 3.17. The molecule has 0 spiro atoms. The second kappa shape index (κ2) is 11.3. The number of hydrogen-bond donors (Lipinski definition) is 2. The molecule has 0 aromatic heterocycles. The van der Waals surface area contributed by atoms with E-state index in [0.29, 0.717) is 11.9 Å². The summed E-state index contributed by atoms with van der Waals surface area (Å²) in [6.45, 7) is 7.24. The Morgan fingerprint density at radius 2 is 1.72 bits per heavy atom. The topological polar surface area (TPSA) is 53.6 Å². The monoisotopic (exact) mass is 256 g/mol. The third kappa shape index (κ3) is 13.3. The molecule has 0 heterocycles. The number of aliphatic imine (C=N–C) groups is 1. The van der Waals surface area contributed by atoms with Gasteiger partial charge in [0.05, 0.1) is 0 Å². The SMILES string of the molecule is CC(C)CN=C(N)NCCCCCCCN(C)C. The number of hydrogen-bond acceptors (Lipinski definition) is 2. The summed E-state index contributed by atoms with van der Waals surface area (Å²) in [6, 6.07) is 0. The van der Waals surface area contributed by atoms with Crippen molar-refractivity contribution < 1.29 is 0 Å². The predicted octanol–water partition coefficient (Wildman–Crippen LogP) is 2.06. The van der Waals surface area contributed by atoms with Crippen molar-refractivity contribution in [1.82, 2.24) is 10.2 Å². The van der Waals surface area contributed by atoms with E-state index in [1.807, 2.05) is 0 Å². The van der Waals surface area contributed by atoms with Crippen LogP contribution in [-0.4, -0.2) is 44.6 Å². The van der Waals surface area contributed by atoms with Gasteiger partial charge in [-0.15, -0.1) is 0 Å². The number of nitrogens with zero attached hydrogens (tertiary/aromatic N) is 2. The molecule has 4 heteroatoms.